The Morgan fingerprint density at radius 1 is 1.62 bits per heavy atom. The SMILES string of the molecule is O=C1CCN[N+](=O)N1. The first kappa shape index (κ1) is 5.02. The Balaban J connectivity index is 2.45. The van der Waals surface area contributed by atoms with Gasteiger partial charge in [-0.3, -0.25) is 4.79 Å². The minimum Gasteiger partial charge on any atom is -0.269 e. The molecule has 5 heteroatoms. The summed E-state index contributed by atoms with van der Waals surface area (Å²) in [6, 6.07) is 0. The molecule has 2 N–H and O–H groups in total. The molecule has 0 saturated carbocycles. The van der Waals surface area contributed by atoms with Gasteiger partial charge in [0, 0.05) is 0 Å². The number of hydrazine groups is 2. The Morgan fingerprint density at radius 2 is 2.38 bits per heavy atom. The van der Waals surface area contributed by atoms with Gasteiger partial charge < -0.3 is 0 Å². The normalized spacial score (nSPS) is 19.5. The average molecular weight is 116 g/mol. The number of carbonyl (C=O) groups excluding carboxylic acids is 1. The van der Waals surface area contributed by atoms with Crippen LogP contribution >= 0.6 is 0 Å². The highest BCUT2D eigenvalue weighted by Crippen LogP contribution is 1.80. The summed E-state index contributed by atoms with van der Waals surface area (Å²) in [7, 11) is 0. The molecule has 1 rings (SSSR count). The highest BCUT2D eigenvalue weighted by molar-refractivity contribution is 5.74. The third-order valence-electron chi connectivity index (χ3n) is 0.834. The second kappa shape index (κ2) is 1.77. The highest BCUT2D eigenvalue weighted by Gasteiger charge is 2.19. The van der Waals surface area contributed by atoms with E-state index in [2.05, 4.69) is 5.43 Å². The number of amides is 1. The molecule has 0 aliphatic carbocycles. The first-order valence-electron chi connectivity index (χ1n) is 2.29. The Labute approximate surface area is 45.6 Å². The molecular weight excluding hydrogens is 110 g/mol. The van der Waals surface area contributed by atoms with E-state index in [4.69, 9.17) is 0 Å². The van der Waals surface area contributed by atoms with Crippen LogP contribution in [0.25, 0.3) is 0 Å². The maximum atomic E-state index is 10.3. The number of nitroso groups, excluding NO2 is 1. The molecule has 0 spiro atoms. The summed E-state index contributed by atoms with van der Waals surface area (Å²) >= 11 is 0. The van der Waals surface area contributed by atoms with Crippen LogP contribution in [-0.2, 0) is 4.79 Å². The number of nitrogens with one attached hydrogen (secondary N) is 2. The van der Waals surface area contributed by atoms with Crippen LogP contribution in [0.4, 0.5) is 0 Å². The van der Waals surface area contributed by atoms with Crippen molar-refractivity contribution in [1.82, 2.24) is 10.9 Å². The lowest BCUT2D eigenvalue weighted by Crippen LogP contribution is -2.48. The van der Waals surface area contributed by atoms with E-state index in [0.29, 0.717) is 17.9 Å². The first-order chi connectivity index (χ1) is 3.79. The van der Waals surface area contributed by atoms with Crippen LogP contribution in [0.1, 0.15) is 6.42 Å². The van der Waals surface area contributed by atoms with Crippen molar-refractivity contribution in [3.63, 3.8) is 0 Å². The van der Waals surface area contributed by atoms with Crippen LogP contribution in [0, 0.1) is 4.91 Å². The van der Waals surface area contributed by atoms with Crippen LogP contribution in [0.15, 0.2) is 0 Å². The summed E-state index contributed by atoms with van der Waals surface area (Å²) in [5, 5.41) is 0. The quantitative estimate of drug-likeness (QED) is 0.387. The van der Waals surface area contributed by atoms with Crippen molar-refractivity contribution in [2.45, 2.75) is 6.42 Å². The van der Waals surface area contributed by atoms with Crippen molar-refractivity contribution >= 4 is 5.91 Å². The molecule has 0 radical (unpaired) electrons. The number of rotatable bonds is 0. The Bertz CT molecular complexity index is 118. The van der Waals surface area contributed by atoms with Crippen LogP contribution < -0.4 is 10.9 Å². The minimum absolute atomic E-state index is 0.237. The maximum absolute atomic E-state index is 10.3. The molecule has 0 bridgehead atoms. The van der Waals surface area contributed by atoms with E-state index < -0.39 is 0 Å². The first-order valence-corrected chi connectivity index (χ1v) is 2.29. The van der Waals surface area contributed by atoms with Crippen molar-refractivity contribution in [2.75, 3.05) is 6.54 Å². The summed E-state index contributed by atoms with van der Waals surface area (Å²) in [6.45, 7) is 0.426. The fourth-order valence-corrected chi connectivity index (χ4v) is 0.480. The zero-order valence-electron chi connectivity index (χ0n) is 4.18. The second-order valence-electron chi connectivity index (χ2n) is 1.49. The monoisotopic (exact) mass is 116 g/mol. The average Bonchev–Trinajstić information content (AvgIpc) is 1.64. The van der Waals surface area contributed by atoms with Gasteiger partial charge in [0.25, 0.3) is 10.9 Å². The van der Waals surface area contributed by atoms with Gasteiger partial charge in [-0.2, -0.15) is 0 Å². The zero-order chi connectivity index (χ0) is 5.98. The Kier molecular flexibility index (Phi) is 1.11. The third-order valence-corrected chi connectivity index (χ3v) is 0.834. The van der Waals surface area contributed by atoms with Gasteiger partial charge in [0.05, 0.1) is 17.9 Å². The van der Waals surface area contributed by atoms with E-state index in [9.17, 15) is 9.70 Å². The molecule has 8 heavy (non-hydrogen) atoms. The molecule has 0 unspecified atom stereocenters. The molecular formula is C3H6N3O2+. The molecule has 1 amide bonds. The lowest BCUT2D eigenvalue weighted by Gasteiger charge is -2.01. The number of hydrogen-bond donors (Lipinski definition) is 2. The minimum atomic E-state index is -0.237. The molecule has 44 valence electrons. The molecule has 0 aromatic rings. The van der Waals surface area contributed by atoms with Crippen molar-refractivity contribution in [3.8, 4) is 0 Å². The van der Waals surface area contributed by atoms with Gasteiger partial charge in [-0.15, -0.1) is 5.43 Å². The molecule has 1 aliphatic heterocycles. The van der Waals surface area contributed by atoms with Crippen molar-refractivity contribution < 1.29 is 9.77 Å². The molecule has 1 fully saturated rings. The van der Waals surface area contributed by atoms with Crippen LogP contribution in [0.2, 0.25) is 0 Å². The highest BCUT2D eigenvalue weighted by atomic mass is 16.4. The van der Waals surface area contributed by atoms with Crippen LogP contribution in [-0.4, -0.2) is 17.4 Å². The van der Waals surface area contributed by atoms with Gasteiger partial charge in [0.2, 0.25) is 0 Å². The fraction of sp³-hybridized carbons (Fsp3) is 0.667. The summed E-state index contributed by atoms with van der Waals surface area (Å²) < 4.78 is 0. The number of nitrogens with zero attached hydrogens (tertiary/aromatic N) is 1. The van der Waals surface area contributed by atoms with Crippen LogP contribution in [0.5, 0.6) is 0 Å². The fourth-order valence-electron chi connectivity index (χ4n) is 0.480. The molecule has 0 atom stereocenters. The lowest BCUT2D eigenvalue weighted by molar-refractivity contribution is -0.654. The maximum Gasteiger partial charge on any atom is 0.284 e. The lowest BCUT2D eigenvalue weighted by atomic mass is 10.4. The van der Waals surface area contributed by atoms with E-state index in [-0.39, 0.29) is 5.91 Å². The number of carbonyl (C=O) groups is 1. The van der Waals surface area contributed by atoms with Gasteiger partial charge in [0.15, 0.2) is 0 Å². The van der Waals surface area contributed by atoms with E-state index >= 15 is 0 Å². The van der Waals surface area contributed by atoms with Gasteiger partial charge in [-0.1, -0.05) is 5.43 Å². The summed E-state index contributed by atoms with van der Waals surface area (Å²) in [6.07, 6.45) is 0.374. The van der Waals surface area contributed by atoms with Gasteiger partial charge >= 0.3 is 0 Å². The summed E-state index contributed by atoms with van der Waals surface area (Å²) in [5.41, 5.74) is 4.37. The Morgan fingerprint density at radius 3 is 2.75 bits per heavy atom. The molecule has 1 heterocycles. The number of hydrogen-bond acceptors (Lipinski definition) is 2. The van der Waals surface area contributed by atoms with E-state index in [1.165, 1.54) is 0 Å². The summed E-state index contributed by atoms with van der Waals surface area (Å²) in [5.74, 6) is -0.237. The standard InChI is InChI=1S/C3H5N3O2/c7-3-1-2-4-6(8)5-3/h1-2H2,(H-,4,5,7,8)/p+1. The Hall–Kier alpha value is -1.13. The van der Waals surface area contributed by atoms with E-state index in [1.54, 1.807) is 0 Å². The van der Waals surface area contributed by atoms with Crippen LogP contribution in [0.3, 0.4) is 0 Å². The van der Waals surface area contributed by atoms with Gasteiger partial charge in [-0.05, 0) is 0 Å². The smallest absolute Gasteiger partial charge is 0.269 e. The zero-order valence-corrected chi connectivity index (χ0v) is 4.18. The molecule has 5 nitrogen and oxygen atoms in total. The van der Waals surface area contributed by atoms with E-state index in [1.807, 2.05) is 5.43 Å². The molecule has 1 saturated heterocycles. The predicted octanol–water partition coefficient (Wildman–Crippen LogP) is -1.30. The molecule has 0 aromatic carbocycles. The van der Waals surface area contributed by atoms with E-state index in [0.717, 1.165) is 0 Å². The van der Waals surface area contributed by atoms with Gasteiger partial charge in [0.1, 0.15) is 0 Å². The molecule has 1 aliphatic rings. The third kappa shape index (κ3) is 0.927. The predicted molar refractivity (Wildman–Crippen MR) is 24.4 cm³/mol. The van der Waals surface area contributed by atoms with Crippen molar-refractivity contribution in [2.24, 2.45) is 0 Å². The molecule has 0 aromatic heterocycles. The largest absolute Gasteiger partial charge is 0.284 e. The van der Waals surface area contributed by atoms with Gasteiger partial charge in [-0.25, -0.2) is 0 Å². The second-order valence-corrected chi connectivity index (χ2v) is 1.49. The summed E-state index contributed by atoms with van der Waals surface area (Å²) in [4.78, 5) is 20.7. The topological polar surface area (TPSA) is 61.2 Å². The van der Waals surface area contributed by atoms with Crippen molar-refractivity contribution in [1.29, 1.82) is 0 Å². The van der Waals surface area contributed by atoms with Crippen molar-refractivity contribution in [3.05, 3.63) is 4.91 Å².